The van der Waals surface area contributed by atoms with Crippen molar-refractivity contribution >= 4 is 12.2 Å². The largest absolute Gasteiger partial charge is 0.449 e. The van der Waals surface area contributed by atoms with Crippen LogP contribution in [0.2, 0.25) is 0 Å². The fourth-order valence-electron chi connectivity index (χ4n) is 2.36. The number of hydrogen-bond donors (Lipinski definition) is 0. The van der Waals surface area contributed by atoms with E-state index in [1.54, 1.807) is 11.1 Å². The highest BCUT2D eigenvalue weighted by atomic mass is 16.6. The van der Waals surface area contributed by atoms with Crippen LogP contribution in [-0.4, -0.2) is 17.6 Å². The molecule has 0 N–H and O–H groups in total. The maximum atomic E-state index is 12.1. The van der Waals surface area contributed by atoms with E-state index in [0.717, 1.165) is 17.5 Å². The lowest BCUT2D eigenvalue weighted by Crippen LogP contribution is -2.28. The second-order valence-electron chi connectivity index (χ2n) is 4.99. The van der Waals surface area contributed by atoms with Crippen LogP contribution in [0.25, 0.3) is 6.08 Å². The number of benzene rings is 2. The first-order valence-electron chi connectivity index (χ1n) is 7.06. The smallest absolute Gasteiger partial charge is 0.414 e. The molecule has 0 atom stereocenters. The molecule has 0 aromatic heterocycles. The van der Waals surface area contributed by atoms with Gasteiger partial charge in [0.1, 0.15) is 0 Å². The van der Waals surface area contributed by atoms with Gasteiger partial charge in [0.2, 0.25) is 0 Å². The molecule has 1 aliphatic rings. The van der Waals surface area contributed by atoms with Crippen molar-refractivity contribution in [1.82, 2.24) is 4.90 Å². The predicted octanol–water partition coefficient (Wildman–Crippen LogP) is 3.85. The molecule has 3 nitrogen and oxygen atoms in total. The Bertz CT molecular complexity index is 649. The quantitative estimate of drug-likeness (QED) is 0.854. The number of fused-ring (bicyclic) bond motifs is 1. The fraction of sp³-hybridized carbons (Fsp3) is 0.167. The van der Waals surface area contributed by atoms with Crippen molar-refractivity contribution in [2.75, 3.05) is 6.61 Å². The summed E-state index contributed by atoms with van der Waals surface area (Å²) in [4.78, 5) is 13.7. The van der Waals surface area contributed by atoms with E-state index in [9.17, 15) is 4.79 Å². The summed E-state index contributed by atoms with van der Waals surface area (Å²) in [6.07, 6.45) is 4.17. The lowest BCUT2D eigenvalue weighted by Gasteiger charge is -2.22. The van der Waals surface area contributed by atoms with Crippen LogP contribution in [0.4, 0.5) is 4.79 Å². The first-order chi connectivity index (χ1) is 10.3. The number of amides is 1. The zero-order valence-corrected chi connectivity index (χ0v) is 11.7. The van der Waals surface area contributed by atoms with Crippen molar-refractivity contribution in [3.63, 3.8) is 0 Å². The Kier molecular flexibility index (Phi) is 4.01. The Morgan fingerprint density at radius 2 is 1.81 bits per heavy atom. The molecule has 0 saturated carbocycles. The third-order valence-corrected chi connectivity index (χ3v) is 3.52. The van der Waals surface area contributed by atoms with E-state index in [-0.39, 0.29) is 6.09 Å². The zero-order chi connectivity index (χ0) is 14.5. The summed E-state index contributed by atoms with van der Waals surface area (Å²) < 4.78 is 5.34. The maximum absolute atomic E-state index is 12.1. The van der Waals surface area contributed by atoms with Crippen molar-refractivity contribution < 1.29 is 9.53 Å². The second kappa shape index (κ2) is 6.27. The zero-order valence-electron chi connectivity index (χ0n) is 11.7. The average molecular weight is 279 g/mol. The number of nitrogens with zero attached hydrogens (tertiary/aromatic N) is 1. The highest BCUT2D eigenvalue weighted by molar-refractivity contribution is 5.72. The Morgan fingerprint density at radius 1 is 1.05 bits per heavy atom. The van der Waals surface area contributed by atoms with Crippen LogP contribution in [0.3, 0.4) is 0 Å². The van der Waals surface area contributed by atoms with E-state index >= 15 is 0 Å². The number of hydrogen-bond acceptors (Lipinski definition) is 2. The number of carbonyl (C=O) groups excluding carboxylic acids is 1. The monoisotopic (exact) mass is 279 g/mol. The summed E-state index contributed by atoms with van der Waals surface area (Å²) in [6, 6.07) is 18.1. The molecule has 3 heteroatoms. The van der Waals surface area contributed by atoms with Crippen molar-refractivity contribution in [3.8, 4) is 0 Å². The third-order valence-electron chi connectivity index (χ3n) is 3.52. The summed E-state index contributed by atoms with van der Waals surface area (Å²) in [6.45, 7) is 0.964. The first-order valence-corrected chi connectivity index (χ1v) is 7.06. The topological polar surface area (TPSA) is 29.5 Å². The van der Waals surface area contributed by atoms with Crippen LogP contribution in [-0.2, 0) is 17.7 Å². The molecular weight excluding hydrogens is 262 g/mol. The molecular formula is C18H17NO2. The van der Waals surface area contributed by atoms with Gasteiger partial charge in [0.25, 0.3) is 0 Å². The van der Waals surface area contributed by atoms with Gasteiger partial charge in [-0.2, -0.15) is 0 Å². The summed E-state index contributed by atoms with van der Waals surface area (Å²) in [5, 5.41) is 0. The minimum atomic E-state index is -0.295. The molecule has 0 bridgehead atoms. The SMILES string of the molecule is O=C(OCCc1ccccc1)N1C=Cc2ccccc2C1. The summed E-state index contributed by atoms with van der Waals surface area (Å²) in [5.41, 5.74) is 3.47. The van der Waals surface area contributed by atoms with Crippen LogP contribution in [0.1, 0.15) is 16.7 Å². The molecule has 0 radical (unpaired) electrons. The van der Waals surface area contributed by atoms with Crippen LogP contribution in [0.5, 0.6) is 0 Å². The van der Waals surface area contributed by atoms with Gasteiger partial charge in [-0.1, -0.05) is 54.6 Å². The molecule has 21 heavy (non-hydrogen) atoms. The van der Waals surface area contributed by atoms with E-state index in [0.29, 0.717) is 13.2 Å². The highest BCUT2D eigenvalue weighted by Crippen LogP contribution is 2.19. The number of ether oxygens (including phenoxy) is 1. The molecule has 2 aromatic carbocycles. The van der Waals surface area contributed by atoms with Gasteiger partial charge >= 0.3 is 6.09 Å². The molecule has 0 unspecified atom stereocenters. The Hall–Kier alpha value is -2.55. The lowest BCUT2D eigenvalue weighted by atomic mass is 10.1. The van der Waals surface area contributed by atoms with Gasteiger partial charge in [-0.05, 0) is 22.8 Å². The van der Waals surface area contributed by atoms with Crippen molar-refractivity contribution in [2.45, 2.75) is 13.0 Å². The van der Waals surface area contributed by atoms with E-state index < -0.39 is 0 Å². The predicted molar refractivity (Wildman–Crippen MR) is 82.5 cm³/mol. The first kappa shape index (κ1) is 13.4. The molecule has 2 aromatic rings. The van der Waals surface area contributed by atoms with Gasteiger partial charge in [0, 0.05) is 12.6 Å². The number of carbonyl (C=O) groups is 1. The molecule has 1 aliphatic heterocycles. The van der Waals surface area contributed by atoms with Crippen molar-refractivity contribution in [2.24, 2.45) is 0 Å². The minimum Gasteiger partial charge on any atom is -0.449 e. The van der Waals surface area contributed by atoms with E-state index in [1.807, 2.05) is 60.7 Å². The molecule has 3 rings (SSSR count). The van der Waals surface area contributed by atoms with E-state index in [2.05, 4.69) is 0 Å². The minimum absolute atomic E-state index is 0.295. The second-order valence-corrected chi connectivity index (χ2v) is 4.99. The Labute approximate surface area is 124 Å². The molecule has 106 valence electrons. The van der Waals surface area contributed by atoms with E-state index in [4.69, 9.17) is 4.74 Å². The summed E-state index contributed by atoms with van der Waals surface area (Å²) >= 11 is 0. The molecule has 1 amide bonds. The standard InChI is InChI=1S/C18H17NO2/c20-18(21-13-11-15-6-2-1-3-7-15)19-12-10-16-8-4-5-9-17(16)14-19/h1-10,12H,11,13-14H2. The molecule has 0 saturated heterocycles. The average Bonchev–Trinajstić information content (AvgIpc) is 2.55. The summed E-state index contributed by atoms with van der Waals surface area (Å²) in [5.74, 6) is 0. The van der Waals surface area contributed by atoms with Crippen LogP contribution >= 0.6 is 0 Å². The van der Waals surface area contributed by atoms with Crippen molar-refractivity contribution in [3.05, 3.63) is 77.5 Å². The molecule has 1 heterocycles. The van der Waals surface area contributed by atoms with Gasteiger partial charge in [-0.25, -0.2) is 4.79 Å². The molecule has 0 fully saturated rings. The normalized spacial score (nSPS) is 12.9. The van der Waals surface area contributed by atoms with Gasteiger partial charge in [-0.15, -0.1) is 0 Å². The Morgan fingerprint density at radius 3 is 2.67 bits per heavy atom. The Balaban J connectivity index is 1.53. The number of rotatable bonds is 3. The van der Waals surface area contributed by atoms with Gasteiger partial charge < -0.3 is 4.74 Å². The van der Waals surface area contributed by atoms with Gasteiger partial charge in [-0.3, -0.25) is 4.90 Å². The fourth-order valence-corrected chi connectivity index (χ4v) is 2.36. The van der Waals surface area contributed by atoms with E-state index in [1.165, 1.54) is 5.56 Å². The van der Waals surface area contributed by atoms with Crippen molar-refractivity contribution in [1.29, 1.82) is 0 Å². The highest BCUT2D eigenvalue weighted by Gasteiger charge is 2.17. The third kappa shape index (κ3) is 3.31. The molecule has 0 aliphatic carbocycles. The lowest BCUT2D eigenvalue weighted by molar-refractivity contribution is 0.116. The summed E-state index contributed by atoms with van der Waals surface area (Å²) in [7, 11) is 0. The molecule has 0 spiro atoms. The van der Waals surface area contributed by atoms with Crippen LogP contribution in [0, 0.1) is 0 Å². The van der Waals surface area contributed by atoms with Crippen LogP contribution in [0.15, 0.2) is 60.8 Å². The van der Waals surface area contributed by atoms with Crippen LogP contribution < -0.4 is 0 Å². The van der Waals surface area contributed by atoms with Gasteiger partial charge in [0.15, 0.2) is 0 Å². The van der Waals surface area contributed by atoms with Gasteiger partial charge in [0.05, 0.1) is 13.2 Å². The maximum Gasteiger partial charge on any atom is 0.414 e.